The lowest BCUT2D eigenvalue weighted by Crippen LogP contribution is -2.57. The number of aryl methyl sites for hydroxylation is 1. The van der Waals surface area contributed by atoms with Crippen molar-refractivity contribution in [1.82, 2.24) is 10.2 Å². The summed E-state index contributed by atoms with van der Waals surface area (Å²) in [5, 5.41) is 2.86. The molecule has 2 heterocycles. The van der Waals surface area contributed by atoms with Crippen LogP contribution in [-0.4, -0.2) is 55.5 Å². The molecule has 1 saturated heterocycles. The fourth-order valence-electron chi connectivity index (χ4n) is 4.04. The Balaban J connectivity index is 1.56. The molecule has 2 aliphatic heterocycles. The highest BCUT2D eigenvalue weighted by Gasteiger charge is 2.42. The number of rotatable bonds is 4. The van der Waals surface area contributed by atoms with Crippen molar-refractivity contribution in [3.8, 4) is 0 Å². The van der Waals surface area contributed by atoms with Gasteiger partial charge in [0.1, 0.15) is 6.04 Å². The minimum absolute atomic E-state index is 0.223. The lowest BCUT2D eigenvalue weighted by atomic mass is 9.91. The maximum atomic E-state index is 13.0. The van der Waals surface area contributed by atoms with Gasteiger partial charge < -0.3 is 14.5 Å². The van der Waals surface area contributed by atoms with Crippen LogP contribution in [-0.2, 0) is 14.3 Å². The number of para-hydroxylation sites is 1. The molecule has 2 aromatic rings. The molecule has 0 aliphatic carbocycles. The van der Waals surface area contributed by atoms with Crippen molar-refractivity contribution in [3.05, 3.63) is 65.7 Å². The molecule has 0 bridgehead atoms. The van der Waals surface area contributed by atoms with Crippen LogP contribution in [0.3, 0.4) is 0 Å². The van der Waals surface area contributed by atoms with Gasteiger partial charge in [-0.15, -0.1) is 0 Å². The second-order valence-electron chi connectivity index (χ2n) is 7.84. The summed E-state index contributed by atoms with van der Waals surface area (Å²) in [6.07, 6.45) is 0. The van der Waals surface area contributed by atoms with Gasteiger partial charge in [-0.2, -0.15) is 0 Å². The molecule has 4 rings (SSSR count). The molecule has 1 fully saturated rings. The van der Waals surface area contributed by atoms with Crippen molar-refractivity contribution in [2.75, 3.05) is 37.7 Å². The van der Waals surface area contributed by atoms with Crippen molar-refractivity contribution in [2.45, 2.75) is 19.9 Å². The number of anilines is 1. The molecule has 0 saturated carbocycles. The van der Waals surface area contributed by atoms with Gasteiger partial charge in [-0.25, -0.2) is 4.99 Å². The van der Waals surface area contributed by atoms with Crippen LogP contribution < -0.4 is 10.2 Å². The molecule has 2 atom stereocenters. The van der Waals surface area contributed by atoms with Crippen molar-refractivity contribution >= 4 is 23.5 Å². The normalized spacial score (nSPS) is 21.4. The number of hydrogen-bond acceptors (Lipinski definition) is 6. The quantitative estimate of drug-likeness (QED) is 0.608. The third-order valence-corrected chi connectivity index (χ3v) is 5.75. The minimum atomic E-state index is -0.989. The monoisotopic (exact) mass is 420 g/mol. The van der Waals surface area contributed by atoms with E-state index in [-0.39, 0.29) is 12.5 Å². The standard InChI is InChI=1S/C24H28N4O3/c1-3-31-23(30)20-21(18-11-9-17(2)10-12-18)25-24(26-22(20)29)28-15-13-27(14-16-28)19-7-5-4-6-8-19/h4-12,20-21H,3,13-16H2,1-2H3,(H,25,26,29)/t20-,21-/m0/s1. The summed E-state index contributed by atoms with van der Waals surface area (Å²) in [6, 6.07) is 17.5. The van der Waals surface area contributed by atoms with E-state index >= 15 is 0 Å². The Morgan fingerprint density at radius 2 is 1.68 bits per heavy atom. The Bertz CT molecular complexity index is 951. The highest BCUT2D eigenvalue weighted by Crippen LogP contribution is 2.31. The Morgan fingerprint density at radius 1 is 1.03 bits per heavy atom. The summed E-state index contributed by atoms with van der Waals surface area (Å²) in [5.41, 5.74) is 3.13. The van der Waals surface area contributed by atoms with Crippen LogP contribution in [0, 0.1) is 12.8 Å². The van der Waals surface area contributed by atoms with Crippen molar-refractivity contribution in [3.63, 3.8) is 0 Å². The summed E-state index contributed by atoms with van der Waals surface area (Å²) in [4.78, 5) is 34.8. The number of benzene rings is 2. The SMILES string of the molecule is CCOC(=O)[C@@H]1C(=O)NC(N2CCN(c3ccccc3)CC2)=N[C@H]1c1ccc(C)cc1. The third-order valence-electron chi connectivity index (χ3n) is 5.75. The number of nitrogens with zero attached hydrogens (tertiary/aromatic N) is 3. The topological polar surface area (TPSA) is 74.2 Å². The van der Waals surface area contributed by atoms with Crippen LogP contribution >= 0.6 is 0 Å². The maximum absolute atomic E-state index is 13.0. The fourth-order valence-corrected chi connectivity index (χ4v) is 4.04. The van der Waals surface area contributed by atoms with Crippen molar-refractivity contribution in [1.29, 1.82) is 0 Å². The number of nitrogens with one attached hydrogen (secondary N) is 1. The van der Waals surface area contributed by atoms with Gasteiger partial charge in [0.2, 0.25) is 11.9 Å². The Kier molecular flexibility index (Phi) is 6.21. The Morgan fingerprint density at radius 3 is 2.32 bits per heavy atom. The third kappa shape index (κ3) is 4.55. The molecule has 7 nitrogen and oxygen atoms in total. The molecule has 0 spiro atoms. The van der Waals surface area contributed by atoms with Crippen molar-refractivity contribution < 1.29 is 14.3 Å². The number of aliphatic imine (C=N–C) groups is 1. The first-order valence-electron chi connectivity index (χ1n) is 10.7. The van der Waals surface area contributed by atoms with E-state index in [2.05, 4.69) is 27.2 Å². The highest BCUT2D eigenvalue weighted by atomic mass is 16.5. The fraction of sp³-hybridized carbons (Fsp3) is 0.375. The van der Waals surface area contributed by atoms with E-state index in [1.165, 1.54) is 5.69 Å². The van der Waals surface area contributed by atoms with Crippen LogP contribution in [0.5, 0.6) is 0 Å². The molecule has 2 aromatic carbocycles. The number of esters is 1. The van der Waals surface area contributed by atoms with E-state index in [0.29, 0.717) is 5.96 Å². The predicted octanol–water partition coefficient (Wildman–Crippen LogP) is 2.52. The van der Waals surface area contributed by atoms with Gasteiger partial charge in [0.05, 0.1) is 6.61 Å². The van der Waals surface area contributed by atoms with E-state index in [4.69, 9.17) is 9.73 Å². The van der Waals surface area contributed by atoms with E-state index in [1.54, 1.807) is 6.92 Å². The molecule has 162 valence electrons. The Hall–Kier alpha value is -3.35. The predicted molar refractivity (Wildman–Crippen MR) is 120 cm³/mol. The summed E-state index contributed by atoms with van der Waals surface area (Å²) in [7, 11) is 0. The number of carbonyl (C=O) groups excluding carboxylic acids is 2. The summed E-state index contributed by atoms with van der Waals surface area (Å²) < 4.78 is 5.18. The molecule has 7 heteroatoms. The van der Waals surface area contributed by atoms with Gasteiger partial charge in [0.25, 0.3) is 0 Å². The van der Waals surface area contributed by atoms with Gasteiger partial charge in [0, 0.05) is 31.9 Å². The van der Waals surface area contributed by atoms with Crippen LogP contribution in [0.1, 0.15) is 24.1 Å². The smallest absolute Gasteiger partial charge is 0.321 e. The van der Waals surface area contributed by atoms with Crippen molar-refractivity contribution in [2.24, 2.45) is 10.9 Å². The lowest BCUT2D eigenvalue weighted by Gasteiger charge is -2.39. The van der Waals surface area contributed by atoms with Gasteiger partial charge in [-0.05, 0) is 31.5 Å². The molecular formula is C24H28N4O3. The zero-order valence-electron chi connectivity index (χ0n) is 18.0. The number of carbonyl (C=O) groups is 2. The van der Waals surface area contributed by atoms with E-state index in [1.807, 2.05) is 49.4 Å². The number of guanidine groups is 1. The zero-order chi connectivity index (χ0) is 21.8. The highest BCUT2D eigenvalue weighted by molar-refractivity contribution is 6.08. The summed E-state index contributed by atoms with van der Waals surface area (Å²) in [5.74, 6) is -1.36. The number of ether oxygens (including phenoxy) is 1. The number of hydrogen-bond donors (Lipinski definition) is 1. The lowest BCUT2D eigenvalue weighted by molar-refractivity contribution is -0.153. The molecule has 0 aromatic heterocycles. The van der Waals surface area contributed by atoms with Gasteiger partial charge in [-0.3, -0.25) is 14.9 Å². The van der Waals surface area contributed by atoms with Gasteiger partial charge in [0.15, 0.2) is 5.92 Å². The average Bonchev–Trinajstić information content (AvgIpc) is 2.80. The maximum Gasteiger partial charge on any atom is 0.321 e. The number of amides is 1. The summed E-state index contributed by atoms with van der Waals surface area (Å²) in [6.45, 7) is 7.09. The van der Waals surface area contributed by atoms with Crippen LogP contribution in [0.25, 0.3) is 0 Å². The van der Waals surface area contributed by atoms with Gasteiger partial charge in [-0.1, -0.05) is 48.0 Å². The van der Waals surface area contributed by atoms with Gasteiger partial charge >= 0.3 is 5.97 Å². The second-order valence-corrected chi connectivity index (χ2v) is 7.84. The molecule has 1 N–H and O–H groups in total. The van der Waals surface area contributed by atoms with E-state index < -0.39 is 17.9 Å². The zero-order valence-corrected chi connectivity index (χ0v) is 18.0. The van der Waals surface area contributed by atoms with Crippen LogP contribution in [0.15, 0.2) is 59.6 Å². The molecular weight excluding hydrogens is 392 g/mol. The van der Waals surface area contributed by atoms with E-state index in [9.17, 15) is 9.59 Å². The molecule has 0 unspecified atom stereocenters. The second kappa shape index (κ2) is 9.20. The van der Waals surface area contributed by atoms with Crippen LogP contribution in [0.2, 0.25) is 0 Å². The summed E-state index contributed by atoms with van der Waals surface area (Å²) >= 11 is 0. The van der Waals surface area contributed by atoms with E-state index in [0.717, 1.165) is 37.3 Å². The first kappa shape index (κ1) is 20.9. The Labute approximate surface area is 182 Å². The first-order valence-corrected chi connectivity index (χ1v) is 10.7. The largest absolute Gasteiger partial charge is 0.465 e. The average molecular weight is 421 g/mol. The minimum Gasteiger partial charge on any atom is -0.465 e. The molecule has 0 radical (unpaired) electrons. The molecule has 31 heavy (non-hydrogen) atoms. The molecule has 2 aliphatic rings. The first-order chi connectivity index (χ1) is 15.1. The molecule has 1 amide bonds. The van der Waals surface area contributed by atoms with Crippen LogP contribution in [0.4, 0.5) is 5.69 Å². The number of piperazine rings is 1.